The molecule has 3 aliphatic carbocycles. The predicted molar refractivity (Wildman–Crippen MR) is 625 cm³/mol. The molecule has 0 spiro atoms. The monoisotopic (exact) mass is 1900 g/mol. The van der Waals surface area contributed by atoms with Gasteiger partial charge >= 0.3 is 0 Å². The van der Waals surface area contributed by atoms with Crippen molar-refractivity contribution in [3.8, 4) is 66.8 Å². The Morgan fingerprint density at radius 2 is 0.531 bits per heavy atom. The molecule has 3 aliphatic rings. The van der Waals surface area contributed by atoms with E-state index in [1.54, 1.807) is 0 Å². The average Bonchev–Trinajstić information content (AvgIpc) is 1.52. The molecule has 0 saturated carbocycles. The first-order chi connectivity index (χ1) is 72.2. The van der Waals surface area contributed by atoms with Crippen LogP contribution < -0.4 is 14.7 Å². The van der Waals surface area contributed by atoms with Gasteiger partial charge in [0, 0.05) is 115 Å². The third-order valence-corrected chi connectivity index (χ3v) is 33.0. The molecule has 5 nitrogen and oxygen atoms in total. The number of nitrogens with zero attached hydrogens (tertiary/aromatic N) is 3. The van der Waals surface area contributed by atoms with Crippen molar-refractivity contribution in [3.63, 3.8) is 0 Å². The number of hydrogen-bond acceptors (Lipinski definition) is 6. The Morgan fingerprint density at radius 1 is 0.184 bits per heavy atom. The van der Waals surface area contributed by atoms with Crippen molar-refractivity contribution in [2.45, 2.75) is 57.8 Å². The number of thiophene rings is 1. The largest absolute Gasteiger partial charge is 0.456 e. The van der Waals surface area contributed by atoms with E-state index in [0.717, 1.165) is 89.4 Å². The molecule has 30 rings (SSSR count). The molecule has 0 bridgehead atoms. The van der Waals surface area contributed by atoms with Gasteiger partial charge in [0.05, 0.1) is 11.4 Å². The van der Waals surface area contributed by atoms with E-state index in [4.69, 9.17) is 8.83 Å². The van der Waals surface area contributed by atoms with Gasteiger partial charge in [-0.1, -0.05) is 406 Å². The van der Waals surface area contributed by atoms with Crippen LogP contribution in [-0.4, -0.2) is 0 Å². The van der Waals surface area contributed by atoms with Crippen LogP contribution in [0.25, 0.3) is 195 Å². The Bertz CT molecular complexity index is 9830. The first-order valence-electron chi connectivity index (χ1n) is 51.1. The van der Waals surface area contributed by atoms with Crippen molar-refractivity contribution in [3.05, 3.63) is 525 Å². The van der Waals surface area contributed by atoms with Gasteiger partial charge in [-0.2, -0.15) is 0 Å². The van der Waals surface area contributed by atoms with Crippen LogP contribution in [0.2, 0.25) is 0 Å². The van der Waals surface area contributed by atoms with Gasteiger partial charge in [0.15, 0.2) is 0 Å². The van der Waals surface area contributed by atoms with Crippen LogP contribution in [0.1, 0.15) is 74.9 Å². The summed E-state index contributed by atoms with van der Waals surface area (Å²) >= 11 is 1.86. The number of fused-ring (bicyclic) bond motifs is 30. The van der Waals surface area contributed by atoms with E-state index in [-0.39, 0.29) is 16.2 Å². The van der Waals surface area contributed by atoms with Crippen LogP contribution >= 0.6 is 11.3 Å². The lowest BCUT2D eigenvalue weighted by atomic mass is 9.80. The van der Waals surface area contributed by atoms with Gasteiger partial charge in [-0.3, -0.25) is 0 Å². The summed E-state index contributed by atoms with van der Waals surface area (Å²) in [5.41, 5.74) is 36.8. The molecule has 3 heterocycles. The minimum Gasteiger partial charge on any atom is -0.456 e. The highest BCUT2D eigenvalue weighted by molar-refractivity contribution is 7.25. The summed E-state index contributed by atoms with van der Waals surface area (Å²) in [7, 11) is 0. The van der Waals surface area contributed by atoms with Crippen molar-refractivity contribution < 1.29 is 8.83 Å². The zero-order valence-electron chi connectivity index (χ0n) is 82.3. The summed E-state index contributed by atoms with van der Waals surface area (Å²) in [6.45, 7) is 14.3. The molecule has 147 heavy (non-hydrogen) atoms. The molecule has 6 heteroatoms. The van der Waals surface area contributed by atoms with Gasteiger partial charge in [-0.25, -0.2) is 0 Å². The molecule has 0 radical (unpaired) electrons. The summed E-state index contributed by atoms with van der Waals surface area (Å²) in [5.74, 6) is 0. The molecule has 0 N–H and O–H groups in total. The fourth-order valence-electron chi connectivity index (χ4n) is 24.8. The Morgan fingerprint density at radius 3 is 1.09 bits per heavy atom. The lowest BCUT2D eigenvalue weighted by Crippen LogP contribution is -2.20. The summed E-state index contributed by atoms with van der Waals surface area (Å²) < 4.78 is 15.5. The molecule has 0 aliphatic heterocycles. The average molecular weight is 1900 g/mol. The van der Waals surface area contributed by atoms with Crippen LogP contribution in [0.4, 0.5) is 51.2 Å². The second kappa shape index (κ2) is 34.1. The van der Waals surface area contributed by atoms with Crippen LogP contribution in [0.3, 0.4) is 0 Å². The Kier molecular flexibility index (Phi) is 20.2. The Balaban J connectivity index is 0.000000107. The fourth-order valence-corrected chi connectivity index (χ4v) is 25.9. The molecular weight excluding hydrogens is 1800 g/mol. The van der Waals surface area contributed by atoms with Crippen LogP contribution in [0.5, 0.6) is 0 Å². The molecule has 0 unspecified atom stereocenters. The van der Waals surface area contributed by atoms with E-state index in [1.165, 1.54) is 191 Å². The van der Waals surface area contributed by atoms with E-state index < -0.39 is 0 Å². The molecule has 0 amide bonds. The highest BCUT2D eigenvalue weighted by Crippen LogP contribution is 2.61. The summed E-state index contributed by atoms with van der Waals surface area (Å²) in [4.78, 5) is 7.28. The maximum atomic E-state index is 6.47. The second-order valence-electron chi connectivity index (χ2n) is 41.2. The van der Waals surface area contributed by atoms with Crippen LogP contribution in [-0.2, 0) is 16.2 Å². The Hall–Kier alpha value is -17.9. The maximum Gasteiger partial charge on any atom is 0.137 e. The van der Waals surface area contributed by atoms with Crippen molar-refractivity contribution >= 4 is 191 Å². The third-order valence-electron chi connectivity index (χ3n) is 31.9. The van der Waals surface area contributed by atoms with E-state index in [9.17, 15) is 0 Å². The smallest absolute Gasteiger partial charge is 0.137 e. The van der Waals surface area contributed by atoms with Crippen LogP contribution in [0, 0.1) is 0 Å². The van der Waals surface area contributed by atoms with Gasteiger partial charge < -0.3 is 23.5 Å². The highest BCUT2D eigenvalue weighted by atomic mass is 32.1. The maximum absolute atomic E-state index is 6.47. The molecular formula is C141H99N3O2S. The van der Waals surface area contributed by atoms with Gasteiger partial charge in [0.1, 0.15) is 22.3 Å². The van der Waals surface area contributed by atoms with E-state index in [2.05, 4.69) is 529 Å². The number of hydrogen-bond donors (Lipinski definition) is 0. The van der Waals surface area contributed by atoms with Crippen molar-refractivity contribution in [2.75, 3.05) is 14.7 Å². The van der Waals surface area contributed by atoms with Crippen molar-refractivity contribution in [2.24, 2.45) is 0 Å². The lowest BCUT2D eigenvalue weighted by Gasteiger charge is -2.32. The van der Waals surface area contributed by atoms with Crippen molar-refractivity contribution in [1.29, 1.82) is 0 Å². The summed E-state index contributed by atoms with van der Waals surface area (Å²) in [6, 6.07) is 179. The number of rotatable bonds is 12. The zero-order valence-corrected chi connectivity index (χ0v) is 83.1. The summed E-state index contributed by atoms with van der Waals surface area (Å²) in [6.07, 6.45) is 0. The first kappa shape index (κ1) is 86.9. The minimum absolute atomic E-state index is 0.0487. The Labute approximate surface area is 857 Å². The van der Waals surface area contributed by atoms with Gasteiger partial charge in [-0.15, -0.1) is 11.3 Å². The SMILES string of the molecule is CC1(C)c2ccc3ccc4ccccc4c3c2-c2cccc(N(c3ccc4c(c3)oc3ccccc34)c3ccc4c(c3)sc3ccccc34)c21.CC1(C)c2ccccc2-c2c1cc(N(c1ccc(-c3ccccc3)cc1)c1ccc3c(c1)oc1ccccc13)c1ccc3ccccc3c21.CC1(C)c2ccccc2-c2c1ccc1ccc3ccc(N(c4ccc(-c5ccccc5)cc4)c4ccc(-c5ccccc5)cc4)cc3c21. The van der Waals surface area contributed by atoms with Crippen molar-refractivity contribution in [1.82, 2.24) is 0 Å². The number of benzene rings is 24. The van der Waals surface area contributed by atoms with E-state index in [1.807, 2.05) is 29.5 Å². The molecule has 24 aromatic carbocycles. The first-order valence-corrected chi connectivity index (χ1v) is 51.9. The molecule has 0 fully saturated rings. The minimum atomic E-state index is -0.240. The molecule has 27 aromatic rings. The molecule has 0 saturated heterocycles. The fraction of sp³-hybridized carbons (Fsp3) is 0.0638. The van der Waals surface area contributed by atoms with E-state index in [0.29, 0.717) is 0 Å². The third kappa shape index (κ3) is 14.1. The number of anilines is 9. The van der Waals surface area contributed by atoms with Crippen LogP contribution in [0.15, 0.2) is 500 Å². The topological polar surface area (TPSA) is 36.0 Å². The standard InChI is InChI=1S/C47H31NOS.C47H33NO.C47H35N/c1-47(2)38-25-20-29-19-18-28-10-3-4-11-32(28)44(29)45(38)37-14-9-15-39(46(37)47)48(30-21-23-34-33-12-5-7-16-40(33)49-41(34)26-30)31-22-24-36-35-13-6-8-17-42(35)50-43(36)27-31;1-47(2)40-18-10-8-17-38(40)46-41(47)29-42(39-26-22-32-14-6-7-15-35(32)45(39)46)48(33-23-20-31(21-24-33)30-12-4-3-5-13-30)34-25-27-37-36-16-9-11-19-43(36)49-44(37)28-34;1-47(2)43-16-10-9-15-41(43)46-44(47)30-24-37-18-17-36-23-29-40(31-42(36)45(37)46)48(38-25-19-34(20-26-38)32-11-5-3-6-12-32)39-27-21-35(22-28-39)33-13-7-4-8-14-33/h3-27H,1-2H3;3-29H,1-2H3;3-31H,1-2H3. The molecule has 3 aromatic heterocycles. The zero-order chi connectivity index (χ0) is 98.1. The second-order valence-corrected chi connectivity index (χ2v) is 42.3. The van der Waals surface area contributed by atoms with E-state index >= 15 is 0 Å². The lowest BCUT2D eigenvalue weighted by molar-refractivity contribution is 0.660. The number of para-hydroxylation sites is 2. The quantitative estimate of drug-likeness (QED) is 0.114. The molecule has 696 valence electrons. The number of furan rings is 2. The molecule has 0 atom stereocenters. The highest BCUT2D eigenvalue weighted by Gasteiger charge is 2.43. The van der Waals surface area contributed by atoms with Gasteiger partial charge in [0.25, 0.3) is 0 Å². The predicted octanol–water partition coefficient (Wildman–Crippen LogP) is 40.5. The summed E-state index contributed by atoms with van der Waals surface area (Å²) in [5, 5.41) is 22.5. The van der Waals surface area contributed by atoms with Gasteiger partial charge in [0.2, 0.25) is 0 Å². The van der Waals surface area contributed by atoms with Gasteiger partial charge in [-0.05, 0) is 275 Å². The normalized spacial score (nSPS) is 13.3.